The minimum Gasteiger partial charge on any atom is -0.477 e. The van der Waals surface area contributed by atoms with E-state index in [9.17, 15) is 24.3 Å². The number of rotatable bonds is 8. The maximum atomic E-state index is 15.3. The molecule has 0 spiro atoms. The van der Waals surface area contributed by atoms with Crippen molar-refractivity contribution >= 4 is 46.3 Å². The molecule has 3 aliphatic rings. The molecule has 2 N–H and O–H groups in total. The molecule has 11 nitrogen and oxygen atoms in total. The Kier molecular flexibility index (Phi) is 9.40. The lowest BCUT2D eigenvalue weighted by Crippen LogP contribution is -2.47. The van der Waals surface area contributed by atoms with Crippen molar-refractivity contribution in [3.05, 3.63) is 99.8 Å². The zero-order valence-corrected chi connectivity index (χ0v) is 26.3. The summed E-state index contributed by atoms with van der Waals surface area (Å²) in [6, 6.07) is 16.6. The average molecular weight is 660 g/mol. The molecule has 13 heteroatoms. The van der Waals surface area contributed by atoms with Gasteiger partial charge in [0.05, 0.1) is 29.1 Å². The van der Waals surface area contributed by atoms with E-state index in [1.807, 2.05) is 28.0 Å². The highest BCUT2D eigenvalue weighted by molar-refractivity contribution is 5.94. The van der Waals surface area contributed by atoms with E-state index in [2.05, 4.69) is 5.32 Å². The first-order chi connectivity index (χ1) is 23.2. The Labute approximate surface area is 274 Å². The third-order valence-corrected chi connectivity index (χ3v) is 8.72. The third kappa shape index (κ3) is 6.72. The number of piperazine rings is 1. The Balaban J connectivity index is 0.000000441. The second-order valence-corrected chi connectivity index (χ2v) is 11.9. The summed E-state index contributed by atoms with van der Waals surface area (Å²) in [5.41, 5.74) is 1.31. The number of hydrogen-bond acceptors (Lipinski definition) is 8. The average Bonchev–Trinajstić information content (AvgIpc) is 3.87. The fraction of sp³-hybridized carbons (Fsp3) is 0.314. The van der Waals surface area contributed by atoms with Crippen LogP contribution in [0.3, 0.4) is 0 Å². The number of carboxylic acids is 1. The molecule has 2 saturated heterocycles. The molecule has 3 fully saturated rings. The standard InChI is InChI=1S/C28H29F2N5O5.C7H6O/c1-31-13-18-14-35(28(39)40-18)17-4-5-23(21(29)10-17)32-6-8-33(9-7-32)25-12-24-19(11-22(25)30)26(36)20(27(37)38)15-34(24)16-2-3-16;8-6-7-4-2-1-3-5-7/h4-5,10-12,15-16,18,31H,2-3,6-9,13-14H2,1H3,(H,37,38);1-6H. The number of cyclic esters (lactones) is 1. The highest BCUT2D eigenvalue weighted by Crippen LogP contribution is 2.38. The molecule has 48 heavy (non-hydrogen) atoms. The number of aromatic nitrogens is 1. The number of amides is 1. The van der Waals surface area contributed by atoms with Gasteiger partial charge in [0.1, 0.15) is 29.6 Å². The van der Waals surface area contributed by atoms with Crippen LogP contribution in [-0.4, -0.2) is 80.4 Å². The van der Waals surface area contributed by atoms with Gasteiger partial charge in [0.25, 0.3) is 0 Å². The summed E-state index contributed by atoms with van der Waals surface area (Å²) in [5.74, 6) is -2.40. The van der Waals surface area contributed by atoms with Crippen LogP contribution >= 0.6 is 0 Å². The first-order valence-electron chi connectivity index (χ1n) is 15.7. The molecule has 0 radical (unpaired) electrons. The molecule has 7 rings (SSSR count). The Bertz CT molecular complexity index is 1910. The van der Waals surface area contributed by atoms with E-state index < -0.39 is 29.1 Å². The van der Waals surface area contributed by atoms with Crippen molar-refractivity contribution in [2.45, 2.75) is 25.0 Å². The van der Waals surface area contributed by atoms with Gasteiger partial charge >= 0.3 is 12.1 Å². The van der Waals surface area contributed by atoms with Crippen molar-refractivity contribution in [3.8, 4) is 0 Å². The number of likely N-dealkylation sites (N-methyl/N-ethyl adjacent to an activating group) is 1. The summed E-state index contributed by atoms with van der Waals surface area (Å²) in [6.45, 7) is 2.52. The van der Waals surface area contributed by atoms with Gasteiger partial charge in [-0.3, -0.25) is 14.5 Å². The number of ether oxygens (including phenoxy) is 1. The van der Waals surface area contributed by atoms with E-state index in [0.29, 0.717) is 61.8 Å². The van der Waals surface area contributed by atoms with E-state index in [1.54, 1.807) is 41.9 Å². The van der Waals surface area contributed by atoms with Gasteiger partial charge in [0.15, 0.2) is 0 Å². The largest absolute Gasteiger partial charge is 0.477 e. The van der Waals surface area contributed by atoms with E-state index in [-0.39, 0.29) is 23.1 Å². The van der Waals surface area contributed by atoms with Crippen LogP contribution in [0.4, 0.5) is 30.6 Å². The number of carboxylic acid groups (broad SMARTS) is 1. The number of anilines is 3. The zero-order valence-electron chi connectivity index (χ0n) is 26.3. The summed E-state index contributed by atoms with van der Waals surface area (Å²) in [7, 11) is 1.77. The summed E-state index contributed by atoms with van der Waals surface area (Å²) < 4.78 is 37.6. The van der Waals surface area contributed by atoms with Crippen LogP contribution in [0.15, 0.2) is 71.7 Å². The van der Waals surface area contributed by atoms with Gasteiger partial charge < -0.3 is 29.5 Å². The van der Waals surface area contributed by atoms with E-state index in [1.165, 1.54) is 17.2 Å². The monoisotopic (exact) mass is 659 g/mol. The van der Waals surface area contributed by atoms with Crippen molar-refractivity contribution in [1.82, 2.24) is 9.88 Å². The number of carbonyl (C=O) groups excluding carboxylic acids is 2. The topological polar surface area (TPSA) is 124 Å². The number of halogens is 2. The number of aldehydes is 1. The predicted octanol–water partition coefficient (Wildman–Crippen LogP) is 4.68. The fourth-order valence-corrected chi connectivity index (χ4v) is 6.11. The molecule has 250 valence electrons. The van der Waals surface area contributed by atoms with Crippen LogP contribution in [-0.2, 0) is 4.74 Å². The normalized spacial score (nSPS) is 17.6. The molecule has 1 aliphatic carbocycles. The van der Waals surface area contributed by atoms with E-state index in [4.69, 9.17) is 4.74 Å². The number of pyridine rings is 1. The van der Waals surface area contributed by atoms with Crippen LogP contribution in [0.25, 0.3) is 10.9 Å². The summed E-state index contributed by atoms with van der Waals surface area (Å²) in [5, 5.41) is 12.5. The van der Waals surface area contributed by atoms with E-state index in [0.717, 1.165) is 30.8 Å². The second kappa shape index (κ2) is 13.8. The molecule has 3 aromatic carbocycles. The SMILES string of the molecule is CNCC1CN(c2ccc(N3CCN(c4cc5c(cc4F)c(=O)c(C(=O)O)cn5C4CC4)CC3)c(F)c2)C(=O)O1.O=Cc1ccccc1. The molecule has 1 aromatic heterocycles. The smallest absolute Gasteiger partial charge is 0.414 e. The summed E-state index contributed by atoms with van der Waals surface area (Å²) in [4.78, 5) is 51.7. The molecular formula is C35H35F2N5O6. The first-order valence-corrected chi connectivity index (χ1v) is 15.7. The molecule has 0 bridgehead atoms. The molecule has 1 saturated carbocycles. The van der Waals surface area contributed by atoms with Crippen LogP contribution in [0.1, 0.15) is 39.6 Å². The van der Waals surface area contributed by atoms with Crippen LogP contribution in [0, 0.1) is 11.6 Å². The number of carbonyl (C=O) groups is 3. The fourth-order valence-electron chi connectivity index (χ4n) is 6.11. The molecular weight excluding hydrogens is 624 g/mol. The van der Waals surface area contributed by atoms with Gasteiger partial charge in [-0.25, -0.2) is 18.4 Å². The van der Waals surface area contributed by atoms with Crippen molar-refractivity contribution in [1.29, 1.82) is 0 Å². The number of nitrogens with one attached hydrogen (secondary N) is 1. The number of nitrogens with zero attached hydrogens (tertiary/aromatic N) is 4. The van der Waals surface area contributed by atoms with Gasteiger partial charge in [0.2, 0.25) is 5.43 Å². The summed E-state index contributed by atoms with van der Waals surface area (Å²) >= 11 is 0. The molecule has 1 atom stereocenters. The van der Waals surface area contributed by atoms with Crippen LogP contribution < -0.4 is 25.4 Å². The van der Waals surface area contributed by atoms with Gasteiger partial charge in [-0.1, -0.05) is 30.3 Å². The second-order valence-electron chi connectivity index (χ2n) is 11.9. The predicted molar refractivity (Wildman–Crippen MR) is 178 cm³/mol. The molecule has 1 amide bonds. The highest BCUT2D eigenvalue weighted by atomic mass is 19.1. The molecule has 2 aliphatic heterocycles. The summed E-state index contributed by atoms with van der Waals surface area (Å²) in [6.07, 6.45) is 3.11. The number of fused-ring (bicyclic) bond motifs is 1. The number of benzene rings is 3. The minimum atomic E-state index is -1.33. The van der Waals surface area contributed by atoms with E-state index >= 15 is 8.78 Å². The minimum absolute atomic E-state index is 0.0491. The first kappa shape index (κ1) is 32.6. The highest BCUT2D eigenvalue weighted by Gasteiger charge is 2.33. The zero-order chi connectivity index (χ0) is 33.9. The Hall–Kier alpha value is -5.30. The third-order valence-electron chi connectivity index (χ3n) is 8.72. The maximum absolute atomic E-state index is 15.3. The lowest BCUT2D eigenvalue weighted by molar-refractivity contribution is 0.0694. The maximum Gasteiger partial charge on any atom is 0.414 e. The van der Waals surface area contributed by atoms with Gasteiger partial charge in [0, 0.05) is 55.9 Å². The lowest BCUT2D eigenvalue weighted by atomic mass is 10.1. The number of aromatic carboxylic acids is 1. The van der Waals surface area contributed by atoms with Crippen molar-refractivity contribution in [3.63, 3.8) is 0 Å². The Morgan fingerprint density at radius 1 is 0.958 bits per heavy atom. The van der Waals surface area contributed by atoms with Crippen LogP contribution in [0.5, 0.6) is 0 Å². The van der Waals surface area contributed by atoms with Gasteiger partial charge in [-0.2, -0.15) is 0 Å². The Morgan fingerprint density at radius 3 is 2.21 bits per heavy atom. The molecule has 3 heterocycles. The van der Waals surface area contributed by atoms with Gasteiger partial charge in [-0.05, 0) is 50.2 Å². The van der Waals surface area contributed by atoms with Crippen molar-refractivity contribution in [2.24, 2.45) is 0 Å². The van der Waals surface area contributed by atoms with Gasteiger partial charge in [-0.15, -0.1) is 0 Å². The molecule has 1 unspecified atom stereocenters. The Morgan fingerprint density at radius 2 is 1.62 bits per heavy atom. The van der Waals surface area contributed by atoms with Crippen molar-refractivity contribution < 1.29 is 33.0 Å². The van der Waals surface area contributed by atoms with Crippen LogP contribution in [0.2, 0.25) is 0 Å². The lowest BCUT2D eigenvalue weighted by Gasteiger charge is -2.37. The van der Waals surface area contributed by atoms with Crippen molar-refractivity contribution in [2.75, 3.05) is 61.0 Å². The number of hydrogen-bond donors (Lipinski definition) is 2. The molecule has 4 aromatic rings. The quantitative estimate of drug-likeness (QED) is 0.260.